The molecule has 4 N–H and O–H groups in total. The van der Waals surface area contributed by atoms with Crippen molar-refractivity contribution in [3.8, 4) is 0 Å². The predicted octanol–water partition coefficient (Wildman–Crippen LogP) is 2.25. The largest absolute Gasteiger partial charge is 0.326 e. The Morgan fingerprint density at radius 2 is 2.31 bits per heavy atom. The SMILES string of the molecule is CCC(N)SC.NCc1cccs1. The van der Waals surface area contributed by atoms with Crippen LogP contribution in [0.25, 0.3) is 0 Å². The van der Waals surface area contributed by atoms with E-state index in [0.717, 1.165) is 6.42 Å². The first-order valence-corrected chi connectivity index (χ1v) is 6.42. The van der Waals surface area contributed by atoms with E-state index < -0.39 is 0 Å². The molecule has 13 heavy (non-hydrogen) atoms. The lowest BCUT2D eigenvalue weighted by atomic mass is 10.5. The van der Waals surface area contributed by atoms with Crippen LogP contribution in [0.15, 0.2) is 17.5 Å². The Bertz CT molecular complexity index is 184. The van der Waals surface area contributed by atoms with E-state index in [0.29, 0.717) is 11.9 Å². The van der Waals surface area contributed by atoms with Crippen molar-refractivity contribution in [1.82, 2.24) is 0 Å². The molecule has 0 fully saturated rings. The molecule has 0 amide bonds. The van der Waals surface area contributed by atoms with Gasteiger partial charge in [-0.05, 0) is 24.1 Å². The summed E-state index contributed by atoms with van der Waals surface area (Å²) < 4.78 is 0. The number of thioether (sulfide) groups is 1. The third-order valence-corrected chi connectivity index (χ3v) is 3.32. The monoisotopic (exact) mass is 218 g/mol. The van der Waals surface area contributed by atoms with E-state index in [-0.39, 0.29) is 0 Å². The summed E-state index contributed by atoms with van der Waals surface area (Å²) in [6.07, 6.45) is 3.09. The molecule has 0 spiro atoms. The van der Waals surface area contributed by atoms with Gasteiger partial charge in [0.2, 0.25) is 0 Å². The maximum Gasteiger partial charge on any atom is 0.0501 e. The quantitative estimate of drug-likeness (QED) is 0.765. The molecule has 0 saturated heterocycles. The van der Waals surface area contributed by atoms with Crippen molar-refractivity contribution < 1.29 is 0 Å². The van der Waals surface area contributed by atoms with Crippen molar-refractivity contribution in [3.05, 3.63) is 22.4 Å². The van der Waals surface area contributed by atoms with Gasteiger partial charge >= 0.3 is 0 Å². The Morgan fingerprint density at radius 3 is 2.46 bits per heavy atom. The maximum absolute atomic E-state index is 5.44. The zero-order valence-electron chi connectivity index (χ0n) is 8.19. The molecule has 4 heteroatoms. The number of hydrogen-bond acceptors (Lipinski definition) is 4. The summed E-state index contributed by atoms with van der Waals surface area (Å²) in [5.41, 5.74) is 10.7. The summed E-state index contributed by atoms with van der Waals surface area (Å²) in [4.78, 5) is 1.25. The number of nitrogens with two attached hydrogens (primary N) is 2. The molecule has 1 aromatic heterocycles. The highest BCUT2D eigenvalue weighted by molar-refractivity contribution is 7.99. The van der Waals surface area contributed by atoms with Crippen molar-refractivity contribution in [3.63, 3.8) is 0 Å². The molecule has 0 aromatic carbocycles. The summed E-state index contributed by atoms with van der Waals surface area (Å²) in [5.74, 6) is 0. The fourth-order valence-electron chi connectivity index (χ4n) is 0.595. The molecule has 1 atom stereocenters. The Hall–Kier alpha value is -0.0300. The summed E-state index contributed by atoms with van der Waals surface area (Å²) in [6, 6.07) is 4.04. The lowest BCUT2D eigenvalue weighted by molar-refractivity contribution is 0.871. The van der Waals surface area contributed by atoms with Gasteiger partial charge < -0.3 is 11.5 Å². The lowest BCUT2D eigenvalue weighted by Crippen LogP contribution is -2.11. The second kappa shape index (κ2) is 8.56. The maximum atomic E-state index is 5.44. The Morgan fingerprint density at radius 1 is 1.62 bits per heavy atom. The predicted molar refractivity (Wildman–Crippen MR) is 64.0 cm³/mol. The summed E-state index contributed by atoms with van der Waals surface area (Å²) in [7, 11) is 0. The van der Waals surface area contributed by atoms with Crippen LogP contribution in [0, 0.1) is 0 Å². The molecule has 0 aliphatic carbocycles. The summed E-state index contributed by atoms with van der Waals surface area (Å²) >= 11 is 3.40. The minimum absolute atomic E-state index is 0.352. The van der Waals surface area contributed by atoms with Gasteiger partial charge in [-0.25, -0.2) is 0 Å². The van der Waals surface area contributed by atoms with Crippen LogP contribution in [0.2, 0.25) is 0 Å². The molecule has 1 unspecified atom stereocenters. The zero-order chi connectivity index (χ0) is 10.1. The molecule has 2 nitrogen and oxygen atoms in total. The average molecular weight is 218 g/mol. The van der Waals surface area contributed by atoms with E-state index in [1.165, 1.54) is 4.88 Å². The van der Waals surface area contributed by atoms with Crippen LogP contribution >= 0.6 is 23.1 Å². The first-order valence-electron chi connectivity index (χ1n) is 4.25. The van der Waals surface area contributed by atoms with Crippen molar-refractivity contribution in [1.29, 1.82) is 0 Å². The first kappa shape index (κ1) is 13.0. The highest BCUT2D eigenvalue weighted by atomic mass is 32.2. The van der Waals surface area contributed by atoms with E-state index >= 15 is 0 Å². The van der Waals surface area contributed by atoms with Gasteiger partial charge in [0, 0.05) is 11.4 Å². The van der Waals surface area contributed by atoms with Gasteiger partial charge in [0.15, 0.2) is 0 Å². The van der Waals surface area contributed by atoms with E-state index in [9.17, 15) is 0 Å². The molecule has 0 saturated carbocycles. The molecule has 0 aliphatic rings. The van der Waals surface area contributed by atoms with Crippen molar-refractivity contribution in [2.24, 2.45) is 11.5 Å². The van der Waals surface area contributed by atoms with Crippen LogP contribution in [-0.4, -0.2) is 11.6 Å². The molecule has 76 valence electrons. The number of thiophene rings is 1. The van der Waals surface area contributed by atoms with Crippen molar-refractivity contribution >= 4 is 23.1 Å². The molecule has 0 aliphatic heterocycles. The lowest BCUT2D eigenvalue weighted by Gasteiger charge is -1.99. The molecule has 0 radical (unpaired) electrons. The molecule has 1 rings (SSSR count). The fourth-order valence-corrected chi connectivity index (χ4v) is 1.51. The first-order chi connectivity index (χ1) is 6.24. The van der Waals surface area contributed by atoms with Gasteiger partial charge in [0.25, 0.3) is 0 Å². The van der Waals surface area contributed by atoms with Gasteiger partial charge in [-0.15, -0.1) is 23.1 Å². The molecule has 1 aromatic rings. The van der Waals surface area contributed by atoms with E-state index in [2.05, 4.69) is 6.92 Å². The van der Waals surface area contributed by atoms with Gasteiger partial charge in [-0.2, -0.15) is 0 Å². The summed E-state index contributed by atoms with van der Waals surface area (Å²) in [6.45, 7) is 2.76. The van der Waals surface area contributed by atoms with Crippen LogP contribution in [0.3, 0.4) is 0 Å². The van der Waals surface area contributed by atoms with E-state index in [4.69, 9.17) is 11.5 Å². The summed E-state index contributed by atoms with van der Waals surface area (Å²) in [5, 5.41) is 2.38. The molecule has 1 heterocycles. The molecule has 0 bridgehead atoms. The van der Waals surface area contributed by atoms with Crippen LogP contribution in [0.1, 0.15) is 18.2 Å². The second-order valence-corrected chi connectivity index (χ2v) is 4.58. The Kier molecular flexibility index (Phi) is 8.54. The van der Waals surface area contributed by atoms with Crippen molar-refractivity contribution in [2.45, 2.75) is 25.3 Å². The topological polar surface area (TPSA) is 52.0 Å². The van der Waals surface area contributed by atoms with E-state index in [1.807, 2.05) is 23.8 Å². The number of rotatable bonds is 3. The smallest absolute Gasteiger partial charge is 0.0501 e. The van der Waals surface area contributed by atoms with Crippen LogP contribution in [0.4, 0.5) is 0 Å². The Labute approximate surface area is 88.7 Å². The highest BCUT2D eigenvalue weighted by Gasteiger charge is 1.89. The van der Waals surface area contributed by atoms with Gasteiger partial charge in [0.05, 0.1) is 5.37 Å². The minimum atomic E-state index is 0.352. The standard InChI is InChI=1S/C5H7NS.C4H11NS/c6-4-5-2-1-3-7-5;1-3-4(5)6-2/h1-3H,4,6H2;4H,3,5H2,1-2H3. The zero-order valence-corrected chi connectivity index (χ0v) is 9.83. The molecular formula is C9H18N2S2. The number of hydrogen-bond donors (Lipinski definition) is 2. The van der Waals surface area contributed by atoms with Crippen LogP contribution in [0.5, 0.6) is 0 Å². The Balaban J connectivity index is 0.000000226. The van der Waals surface area contributed by atoms with Gasteiger partial charge in [0.1, 0.15) is 0 Å². The normalized spacial score (nSPS) is 11.7. The second-order valence-electron chi connectivity index (χ2n) is 2.47. The average Bonchev–Trinajstić information content (AvgIpc) is 2.70. The highest BCUT2D eigenvalue weighted by Crippen LogP contribution is 2.05. The van der Waals surface area contributed by atoms with Crippen LogP contribution in [-0.2, 0) is 6.54 Å². The fraction of sp³-hybridized carbons (Fsp3) is 0.556. The van der Waals surface area contributed by atoms with Gasteiger partial charge in [-0.3, -0.25) is 0 Å². The van der Waals surface area contributed by atoms with Crippen molar-refractivity contribution in [2.75, 3.05) is 6.26 Å². The van der Waals surface area contributed by atoms with Crippen LogP contribution < -0.4 is 11.5 Å². The minimum Gasteiger partial charge on any atom is -0.326 e. The van der Waals surface area contributed by atoms with Gasteiger partial charge in [-0.1, -0.05) is 13.0 Å². The molecular weight excluding hydrogens is 200 g/mol. The van der Waals surface area contributed by atoms with E-state index in [1.54, 1.807) is 23.1 Å². The third kappa shape index (κ3) is 7.07. The third-order valence-electron chi connectivity index (χ3n) is 1.49.